The van der Waals surface area contributed by atoms with Crippen molar-refractivity contribution in [1.29, 1.82) is 0 Å². The number of thioether (sulfide) groups is 1. The highest BCUT2D eigenvalue weighted by atomic mass is 32.2. The lowest BCUT2D eigenvalue weighted by Crippen LogP contribution is -2.41. The number of amides is 1. The fourth-order valence-corrected chi connectivity index (χ4v) is 5.51. The molecule has 1 aromatic heterocycles. The molecule has 0 aromatic carbocycles. The Hall–Kier alpha value is -0.893. The molecule has 1 aromatic rings. The van der Waals surface area contributed by atoms with E-state index in [2.05, 4.69) is 49.8 Å². The number of carbonyl (C=O) groups is 1. The Balaban J connectivity index is 1.97. The molecular formula is C21H37N3O2SSi. The van der Waals surface area contributed by atoms with Crippen LogP contribution in [-0.2, 0) is 9.22 Å². The molecule has 7 heteroatoms. The molecule has 2 unspecified atom stereocenters. The average molecular weight is 424 g/mol. The molecule has 2 heterocycles. The fourth-order valence-electron chi connectivity index (χ4n) is 2.91. The summed E-state index contributed by atoms with van der Waals surface area (Å²) in [4.78, 5) is 21.5. The Morgan fingerprint density at radius 2 is 2.04 bits per heavy atom. The highest BCUT2D eigenvalue weighted by Gasteiger charge is 2.41. The number of aromatic nitrogens is 1. The van der Waals surface area contributed by atoms with Gasteiger partial charge in [0.15, 0.2) is 8.32 Å². The van der Waals surface area contributed by atoms with E-state index >= 15 is 0 Å². The highest BCUT2D eigenvalue weighted by Crippen LogP contribution is 2.44. The molecule has 2 atom stereocenters. The molecule has 1 fully saturated rings. The van der Waals surface area contributed by atoms with Gasteiger partial charge in [0.05, 0.1) is 5.25 Å². The monoisotopic (exact) mass is 423 g/mol. The molecule has 0 bridgehead atoms. The first-order chi connectivity index (χ1) is 13.0. The Morgan fingerprint density at radius 1 is 1.32 bits per heavy atom. The summed E-state index contributed by atoms with van der Waals surface area (Å²) in [6.45, 7) is 13.7. The molecule has 2 rings (SSSR count). The van der Waals surface area contributed by atoms with Gasteiger partial charge < -0.3 is 14.2 Å². The van der Waals surface area contributed by atoms with Crippen LogP contribution in [0.25, 0.3) is 0 Å². The lowest BCUT2D eigenvalue weighted by molar-refractivity contribution is -0.130. The zero-order valence-corrected chi connectivity index (χ0v) is 20.4. The van der Waals surface area contributed by atoms with Crippen LogP contribution in [0.5, 0.6) is 0 Å². The van der Waals surface area contributed by atoms with E-state index in [9.17, 15) is 4.79 Å². The van der Waals surface area contributed by atoms with Crippen LogP contribution in [0, 0.1) is 0 Å². The zero-order chi connectivity index (χ0) is 20.9. The average Bonchev–Trinajstić information content (AvgIpc) is 2.92. The van der Waals surface area contributed by atoms with Crippen LogP contribution < -0.4 is 0 Å². The van der Waals surface area contributed by atoms with Crippen LogP contribution in [0.3, 0.4) is 0 Å². The molecule has 158 valence electrons. The van der Waals surface area contributed by atoms with Crippen LogP contribution in [0.15, 0.2) is 24.5 Å². The van der Waals surface area contributed by atoms with Crippen molar-refractivity contribution in [2.45, 2.75) is 62.4 Å². The van der Waals surface area contributed by atoms with Gasteiger partial charge in [-0.1, -0.05) is 26.8 Å². The van der Waals surface area contributed by atoms with Gasteiger partial charge in [0, 0.05) is 37.7 Å². The number of rotatable bonds is 9. The Bertz CT molecular complexity index is 634. The maximum absolute atomic E-state index is 13.1. The molecule has 5 nitrogen and oxygen atoms in total. The zero-order valence-electron chi connectivity index (χ0n) is 18.6. The number of carbonyl (C=O) groups excluding carboxylic acids is 1. The van der Waals surface area contributed by atoms with Gasteiger partial charge in [-0.25, -0.2) is 0 Å². The molecule has 0 radical (unpaired) electrons. The molecule has 1 aliphatic heterocycles. The SMILES string of the molecule is CN(C)CCN1C(=O)C(CCCO[Si](C)(C)C(C)(C)C)SC1c1cccnc1. The number of hydrogen-bond acceptors (Lipinski definition) is 5. The van der Waals surface area contributed by atoms with Crippen molar-refractivity contribution in [3.05, 3.63) is 30.1 Å². The second kappa shape index (κ2) is 9.74. The lowest BCUT2D eigenvalue weighted by atomic mass is 10.2. The van der Waals surface area contributed by atoms with Gasteiger partial charge in [-0.3, -0.25) is 9.78 Å². The second-order valence-corrected chi connectivity index (χ2v) is 15.4. The predicted molar refractivity (Wildman–Crippen MR) is 121 cm³/mol. The number of hydrogen-bond donors (Lipinski definition) is 0. The fraction of sp³-hybridized carbons (Fsp3) is 0.714. The topological polar surface area (TPSA) is 45.7 Å². The van der Waals surface area contributed by atoms with E-state index in [1.807, 2.05) is 31.3 Å². The molecule has 0 N–H and O–H groups in total. The van der Waals surface area contributed by atoms with Crippen molar-refractivity contribution >= 4 is 26.0 Å². The van der Waals surface area contributed by atoms with Crippen LogP contribution in [-0.4, -0.2) is 68.1 Å². The smallest absolute Gasteiger partial charge is 0.236 e. The Labute approximate surface area is 176 Å². The molecule has 0 aliphatic carbocycles. The third kappa shape index (κ3) is 6.05. The van der Waals surface area contributed by atoms with Crippen LogP contribution in [0.1, 0.15) is 44.6 Å². The second-order valence-electron chi connectivity index (χ2n) is 9.35. The normalized spacial score (nSPS) is 21.0. The lowest BCUT2D eigenvalue weighted by Gasteiger charge is -2.36. The van der Waals surface area contributed by atoms with Crippen molar-refractivity contribution in [2.24, 2.45) is 0 Å². The largest absolute Gasteiger partial charge is 0.417 e. The van der Waals surface area contributed by atoms with Gasteiger partial charge in [-0.15, -0.1) is 11.8 Å². The predicted octanol–water partition coefficient (Wildman–Crippen LogP) is 4.39. The molecule has 28 heavy (non-hydrogen) atoms. The van der Waals surface area contributed by atoms with Gasteiger partial charge in [0.2, 0.25) is 5.91 Å². The maximum atomic E-state index is 13.1. The standard InChI is InChI=1S/C21H37N3O2SSi/c1-21(2,3)28(6,7)26-15-9-11-18-19(25)24(14-13-23(4)5)20(27-18)17-10-8-12-22-16-17/h8,10,12,16,18,20H,9,11,13-15H2,1-7H3. The summed E-state index contributed by atoms with van der Waals surface area (Å²) < 4.78 is 6.29. The van der Waals surface area contributed by atoms with Gasteiger partial charge in [0.25, 0.3) is 0 Å². The Kier molecular flexibility index (Phi) is 8.13. The van der Waals surface area contributed by atoms with E-state index < -0.39 is 8.32 Å². The van der Waals surface area contributed by atoms with Gasteiger partial charge in [0.1, 0.15) is 5.37 Å². The summed E-state index contributed by atoms with van der Waals surface area (Å²) in [7, 11) is 2.37. The third-order valence-corrected chi connectivity index (χ3v) is 11.9. The van der Waals surface area contributed by atoms with E-state index in [0.717, 1.165) is 38.1 Å². The van der Waals surface area contributed by atoms with Crippen LogP contribution in [0.4, 0.5) is 0 Å². The molecule has 0 spiro atoms. The van der Waals surface area contributed by atoms with Crippen molar-refractivity contribution in [1.82, 2.24) is 14.8 Å². The van der Waals surface area contributed by atoms with E-state index in [-0.39, 0.29) is 21.6 Å². The van der Waals surface area contributed by atoms with Gasteiger partial charge >= 0.3 is 0 Å². The van der Waals surface area contributed by atoms with E-state index in [1.54, 1.807) is 18.0 Å². The molecule has 1 amide bonds. The highest BCUT2D eigenvalue weighted by molar-refractivity contribution is 8.01. The first-order valence-corrected chi connectivity index (χ1v) is 14.0. The minimum absolute atomic E-state index is 0.00961. The van der Waals surface area contributed by atoms with E-state index in [1.165, 1.54) is 0 Å². The minimum Gasteiger partial charge on any atom is -0.417 e. The molecular weight excluding hydrogens is 386 g/mol. The van der Waals surface area contributed by atoms with Crippen molar-refractivity contribution in [2.75, 3.05) is 33.8 Å². The Morgan fingerprint density at radius 3 is 2.61 bits per heavy atom. The summed E-state index contributed by atoms with van der Waals surface area (Å²) in [6.07, 6.45) is 5.46. The van der Waals surface area contributed by atoms with Crippen molar-refractivity contribution in [3.63, 3.8) is 0 Å². The summed E-state index contributed by atoms with van der Waals surface area (Å²) >= 11 is 1.77. The molecule has 1 saturated heterocycles. The van der Waals surface area contributed by atoms with Crippen molar-refractivity contribution < 1.29 is 9.22 Å². The van der Waals surface area contributed by atoms with E-state index in [4.69, 9.17) is 4.43 Å². The third-order valence-electron chi connectivity index (χ3n) is 5.77. The first kappa shape index (κ1) is 23.4. The first-order valence-electron chi connectivity index (χ1n) is 10.2. The summed E-state index contributed by atoms with van der Waals surface area (Å²) in [5.41, 5.74) is 1.11. The molecule has 0 saturated carbocycles. The van der Waals surface area contributed by atoms with E-state index in [0.29, 0.717) is 0 Å². The minimum atomic E-state index is -1.72. The number of pyridine rings is 1. The number of likely N-dealkylation sites (N-methyl/N-ethyl adjacent to an activating group) is 1. The van der Waals surface area contributed by atoms with Crippen LogP contribution in [0.2, 0.25) is 18.1 Å². The summed E-state index contributed by atoms with van der Waals surface area (Å²) in [5, 5.41) is 0.294. The van der Waals surface area contributed by atoms with Crippen LogP contribution >= 0.6 is 11.8 Å². The number of nitrogens with zero attached hydrogens (tertiary/aromatic N) is 3. The quantitative estimate of drug-likeness (QED) is 0.435. The van der Waals surface area contributed by atoms with Gasteiger partial charge in [-0.2, -0.15) is 0 Å². The van der Waals surface area contributed by atoms with Gasteiger partial charge in [-0.05, 0) is 51.1 Å². The maximum Gasteiger partial charge on any atom is 0.236 e. The molecule has 1 aliphatic rings. The summed E-state index contributed by atoms with van der Waals surface area (Å²) in [5.74, 6) is 0.257. The van der Waals surface area contributed by atoms with Crippen molar-refractivity contribution in [3.8, 4) is 0 Å². The summed E-state index contributed by atoms with van der Waals surface area (Å²) in [6, 6.07) is 4.02.